The van der Waals surface area contributed by atoms with Crippen molar-refractivity contribution in [2.75, 3.05) is 25.6 Å². The number of carbonyl (C=O) groups is 2. The van der Waals surface area contributed by atoms with E-state index < -0.39 is 0 Å². The summed E-state index contributed by atoms with van der Waals surface area (Å²) >= 11 is 0. The van der Waals surface area contributed by atoms with Crippen LogP contribution in [-0.2, 0) is 9.59 Å². The minimum absolute atomic E-state index is 0.0593. The largest absolute Gasteiger partial charge is 0.481 e. The number of nitrogens with zero attached hydrogens (tertiary/aromatic N) is 2. The van der Waals surface area contributed by atoms with E-state index in [1.807, 2.05) is 0 Å². The lowest BCUT2D eigenvalue weighted by Crippen LogP contribution is -2.32. The SMILES string of the molecule is COc1ccc(N(C)C(=O)CCNC(=O)C2CC2C)cn1. The highest BCUT2D eigenvalue weighted by atomic mass is 16.5. The predicted octanol–water partition coefficient (Wildman–Crippen LogP) is 1.22. The summed E-state index contributed by atoms with van der Waals surface area (Å²) in [6.07, 6.45) is 2.81. The fourth-order valence-corrected chi connectivity index (χ4v) is 2.11. The lowest BCUT2D eigenvalue weighted by atomic mass is 10.3. The molecule has 21 heavy (non-hydrogen) atoms. The van der Waals surface area contributed by atoms with E-state index in [1.54, 1.807) is 32.5 Å². The van der Waals surface area contributed by atoms with Crippen molar-refractivity contribution in [1.29, 1.82) is 0 Å². The maximum Gasteiger partial charge on any atom is 0.228 e. The van der Waals surface area contributed by atoms with E-state index in [0.717, 1.165) is 6.42 Å². The normalized spacial score (nSPS) is 19.8. The van der Waals surface area contributed by atoms with Gasteiger partial charge >= 0.3 is 0 Å². The van der Waals surface area contributed by atoms with Crippen molar-refractivity contribution in [2.24, 2.45) is 11.8 Å². The van der Waals surface area contributed by atoms with Crippen molar-refractivity contribution in [3.8, 4) is 5.88 Å². The van der Waals surface area contributed by atoms with Gasteiger partial charge in [-0.25, -0.2) is 4.98 Å². The molecule has 1 aromatic rings. The Morgan fingerprint density at radius 1 is 1.48 bits per heavy atom. The molecule has 1 heterocycles. The molecule has 1 fully saturated rings. The molecular weight excluding hydrogens is 270 g/mol. The van der Waals surface area contributed by atoms with Crippen molar-refractivity contribution in [1.82, 2.24) is 10.3 Å². The molecule has 0 radical (unpaired) electrons. The molecule has 1 N–H and O–H groups in total. The zero-order valence-corrected chi connectivity index (χ0v) is 12.6. The minimum Gasteiger partial charge on any atom is -0.481 e. The molecule has 6 nitrogen and oxygen atoms in total. The van der Waals surface area contributed by atoms with Crippen LogP contribution in [0, 0.1) is 11.8 Å². The average Bonchev–Trinajstić information content (AvgIpc) is 3.23. The standard InChI is InChI=1S/C15H21N3O3/c1-10-8-12(10)15(20)16-7-6-14(19)18(2)11-4-5-13(21-3)17-9-11/h4-5,9-10,12H,6-8H2,1-3H3,(H,16,20). The molecule has 1 aliphatic rings. The van der Waals surface area contributed by atoms with Crippen LogP contribution in [0.4, 0.5) is 5.69 Å². The molecule has 0 aromatic carbocycles. The topological polar surface area (TPSA) is 71.5 Å². The molecule has 6 heteroatoms. The molecule has 2 amide bonds. The molecular formula is C15H21N3O3. The van der Waals surface area contributed by atoms with Gasteiger partial charge in [-0.15, -0.1) is 0 Å². The van der Waals surface area contributed by atoms with Gasteiger partial charge in [-0.05, 0) is 18.4 Å². The van der Waals surface area contributed by atoms with Gasteiger partial charge in [0.15, 0.2) is 0 Å². The number of pyridine rings is 1. The molecule has 0 bridgehead atoms. The monoisotopic (exact) mass is 291 g/mol. The summed E-state index contributed by atoms with van der Waals surface area (Å²) in [4.78, 5) is 29.3. The first-order valence-electron chi connectivity index (χ1n) is 7.07. The van der Waals surface area contributed by atoms with E-state index in [-0.39, 0.29) is 24.2 Å². The first-order valence-corrected chi connectivity index (χ1v) is 7.07. The van der Waals surface area contributed by atoms with Crippen molar-refractivity contribution >= 4 is 17.5 Å². The number of aromatic nitrogens is 1. The first-order chi connectivity index (χ1) is 10.0. The van der Waals surface area contributed by atoms with E-state index in [1.165, 1.54) is 4.90 Å². The molecule has 0 spiro atoms. The van der Waals surface area contributed by atoms with Crippen molar-refractivity contribution in [2.45, 2.75) is 19.8 Å². The summed E-state index contributed by atoms with van der Waals surface area (Å²) in [6.45, 7) is 2.43. The summed E-state index contributed by atoms with van der Waals surface area (Å²) in [5.74, 6) is 1.12. The number of anilines is 1. The fraction of sp³-hybridized carbons (Fsp3) is 0.533. The highest BCUT2D eigenvalue weighted by Gasteiger charge is 2.38. The number of hydrogen-bond acceptors (Lipinski definition) is 4. The van der Waals surface area contributed by atoms with Gasteiger partial charge in [0.25, 0.3) is 0 Å². The Labute approximate surface area is 124 Å². The number of ether oxygens (including phenoxy) is 1. The maximum absolute atomic E-state index is 12.0. The van der Waals surface area contributed by atoms with Gasteiger partial charge in [-0.3, -0.25) is 9.59 Å². The zero-order valence-electron chi connectivity index (χ0n) is 12.6. The second kappa shape index (κ2) is 6.56. The van der Waals surface area contributed by atoms with Gasteiger partial charge in [0.1, 0.15) is 0 Å². The predicted molar refractivity (Wildman–Crippen MR) is 79.1 cm³/mol. The molecule has 114 valence electrons. The van der Waals surface area contributed by atoms with Gasteiger partial charge < -0.3 is 15.0 Å². The number of hydrogen-bond donors (Lipinski definition) is 1. The van der Waals surface area contributed by atoms with Crippen LogP contribution < -0.4 is 15.0 Å². The number of nitrogens with one attached hydrogen (secondary N) is 1. The quantitative estimate of drug-likeness (QED) is 0.855. The maximum atomic E-state index is 12.0. The molecule has 1 aliphatic carbocycles. The van der Waals surface area contributed by atoms with E-state index in [9.17, 15) is 9.59 Å². The molecule has 0 saturated heterocycles. The highest BCUT2D eigenvalue weighted by molar-refractivity contribution is 5.93. The number of amides is 2. The smallest absolute Gasteiger partial charge is 0.228 e. The summed E-state index contributed by atoms with van der Waals surface area (Å²) < 4.78 is 4.98. The van der Waals surface area contributed by atoms with Crippen molar-refractivity contribution in [3.63, 3.8) is 0 Å². The summed E-state index contributed by atoms with van der Waals surface area (Å²) in [7, 11) is 3.23. The van der Waals surface area contributed by atoms with Gasteiger partial charge in [0.2, 0.25) is 17.7 Å². The van der Waals surface area contributed by atoms with Crippen molar-refractivity contribution in [3.05, 3.63) is 18.3 Å². The molecule has 2 unspecified atom stereocenters. The lowest BCUT2D eigenvalue weighted by Gasteiger charge is -2.17. The highest BCUT2D eigenvalue weighted by Crippen LogP contribution is 2.37. The Bertz CT molecular complexity index is 515. The van der Waals surface area contributed by atoms with Gasteiger partial charge in [0.05, 0.1) is 19.0 Å². The van der Waals surface area contributed by atoms with Gasteiger partial charge in [0, 0.05) is 32.0 Å². The average molecular weight is 291 g/mol. The Morgan fingerprint density at radius 2 is 2.19 bits per heavy atom. The number of methoxy groups -OCH3 is 1. The number of rotatable bonds is 6. The Hall–Kier alpha value is -2.11. The van der Waals surface area contributed by atoms with E-state index >= 15 is 0 Å². The first kappa shape index (κ1) is 15.3. The van der Waals surface area contributed by atoms with E-state index in [0.29, 0.717) is 24.0 Å². The van der Waals surface area contributed by atoms with Crippen LogP contribution in [0.1, 0.15) is 19.8 Å². The van der Waals surface area contributed by atoms with Crippen molar-refractivity contribution < 1.29 is 14.3 Å². The molecule has 2 atom stereocenters. The Morgan fingerprint density at radius 3 is 2.71 bits per heavy atom. The van der Waals surface area contributed by atoms with Crippen LogP contribution >= 0.6 is 0 Å². The fourth-order valence-electron chi connectivity index (χ4n) is 2.11. The summed E-state index contributed by atoms with van der Waals surface area (Å²) in [6, 6.07) is 3.48. The van der Waals surface area contributed by atoms with Crippen LogP contribution in [0.2, 0.25) is 0 Å². The zero-order chi connectivity index (χ0) is 15.4. The van der Waals surface area contributed by atoms with Gasteiger partial charge in [-0.1, -0.05) is 6.92 Å². The molecule has 1 aromatic heterocycles. The van der Waals surface area contributed by atoms with Gasteiger partial charge in [-0.2, -0.15) is 0 Å². The van der Waals surface area contributed by atoms with Crippen LogP contribution in [-0.4, -0.2) is 37.5 Å². The van der Waals surface area contributed by atoms with Crippen LogP contribution in [0.25, 0.3) is 0 Å². The third kappa shape index (κ3) is 3.93. The Kier molecular flexibility index (Phi) is 4.77. The van der Waals surface area contributed by atoms with Crippen LogP contribution in [0.15, 0.2) is 18.3 Å². The lowest BCUT2D eigenvalue weighted by molar-refractivity contribution is -0.122. The van der Waals surface area contributed by atoms with E-state index in [2.05, 4.69) is 17.2 Å². The number of carbonyl (C=O) groups excluding carboxylic acids is 2. The third-order valence-corrected chi connectivity index (χ3v) is 3.78. The Balaban J connectivity index is 1.77. The van der Waals surface area contributed by atoms with E-state index in [4.69, 9.17) is 4.74 Å². The molecule has 1 saturated carbocycles. The van der Waals surface area contributed by atoms with Crippen LogP contribution in [0.5, 0.6) is 5.88 Å². The second-order valence-electron chi connectivity index (χ2n) is 5.37. The molecule has 2 rings (SSSR count). The van der Waals surface area contributed by atoms with Crippen LogP contribution in [0.3, 0.4) is 0 Å². The molecule has 0 aliphatic heterocycles. The summed E-state index contributed by atoms with van der Waals surface area (Å²) in [5, 5.41) is 2.81. The second-order valence-corrected chi connectivity index (χ2v) is 5.37. The summed E-state index contributed by atoms with van der Waals surface area (Å²) in [5.41, 5.74) is 0.697. The third-order valence-electron chi connectivity index (χ3n) is 3.78. The minimum atomic E-state index is -0.0638.